The predicted octanol–water partition coefficient (Wildman–Crippen LogP) is 2.68. The van der Waals surface area contributed by atoms with E-state index in [9.17, 15) is 13.2 Å². The van der Waals surface area contributed by atoms with Gasteiger partial charge in [0, 0.05) is 32.9 Å². The zero-order valence-corrected chi connectivity index (χ0v) is 16.9. The minimum Gasteiger partial charge on any atom is -0.347 e. The van der Waals surface area contributed by atoms with Crippen molar-refractivity contribution in [1.29, 1.82) is 0 Å². The zero-order valence-electron chi connectivity index (χ0n) is 16.1. The highest BCUT2D eigenvalue weighted by Gasteiger charge is 2.30. The van der Waals surface area contributed by atoms with Crippen LogP contribution in [0.4, 0.5) is 0 Å². The van der Waals surface area contributed by atoms with E-state index in [1.54, 1.807) is 11.6 Å². The lowest BCUT2D eigenvalue weighted by Crippen LogP contribution is -2.38. The molecule has 1 saturated heterocycles. The molecule has 2 heterocycles. The van der Waals surface area contributed by atoms with E-state index in [1.807, 2.05) is 31.2 Å². The van der Waals surface area contributed by atoms with Crippen molar-refractivity contribution >= 4 is 15.9 Å². The summed E-state index contributed by atoms with van der Waals surface area (Å²) in [5.41, 5.74) is 2.50. The summed E-state index contributed by atoms with van der Waals surface area (Å²) in [5, 5.41) is 2.86. The van der Waals surface area contributed by atoms with Gasteiger partial charge < -0.3 is 9.88 Å². The van der Waals surface area contributed by atoms with E-state index in [1.165, 1.54) is 16.6 Å². The lowest BCUT2D eigenvalue weighted by atomic mass is 10.0. The van der Waals surface area contributed by atoms with Gasteiger partial charge in [0.1, 0.15) is 10.6 Å². The number of nitrogens with zero attached hydrogens (tertiary/aromatic N) is 2. The number of hydrogen-bond donors (Lipinski definition) is 1. The Labute approximate surface area is 161 Å². The minimum atomic E-state index is -3.57. The van der Waals surface area contributed by atoms with Crippen LogP contribution < -0.4 is 5.32 Å². The molecule has 7 heteroatoms. The van der Waals surface area contributed by atoms with E-state index in [0.29, 0.717) is 31.2 Å². The Kier molecular flexibility index (Phi) is 5.72. The van der Waals surface area contributed by atoms with Crippen molar-refractivity contribution in [2.45, 2.75) is 38.1 Å². The normalized spacial score (nSPS) is 18.4. The largest absolute Gasteiger partial charge is 0.347 e. The summed E-state index contributed by atoms with van der Waals surface area (Å²) < 4.78 is 28.9. The lowest BCUT2D eigenvalue weighted by molar-refractivity contribution is 0.0942. The maximum absolute atomic E-state index is 12.9. The predicted molar refractivity (Wildman–Crippen MR) is 105 cm³/mol. The summed E-state index contributed by atoms with van der Waals surface area (Å²) in [6, 6.07) is 9.39. The number of aromatic nitrogens is 1. The number of amides is 1. The number of benzene rings is 1. The minimum absolute atomic E-state index is 0.180. The van der Waals surface area contributed by atoms with Crippen molar-refractivity contribution in [3.63, 3.8) is 0 Å². The van der Waals surface area contributed by atoms with Crippen LogP contribution in [0.5, 0.6) is 0 Å². The van der Waals surface area contributed by atoms with Crippen LogP contribution in [-0.2, 0) is 23.6 Å². The van der Waals surface area contributed by atoms with Gasteiger partial charge in [-0.25, -0.2) is 8.42 Å². The summed E-state index contributed by atoms with van der Waals surface area (Å²) in [6.45, 7) is 5.55. The molecule has 2 aromatic rings. The van der Waals surface area contributed by atoms with Gasteiger partial charge in [0.2, 0.25) is 10.0 Å². The monoisotopic (exact) mass is 389 g/mol. The van der Waals surface area contributed by atoms with Crippen LogP contribution in [0.25, 0.3) is 0 Å². The van der Waals surface area contributed by atoms with Gasteiger partial charge in [-0.1, -0.05) is 36.8 Å². The third-order valence-electron chi connectivity index (χ3n) is 5.04. The van der Waals surface area contributed by atoms with Gasteiger partial charge in [-0.05, 0) is 37.3 Å². The third-order valence-corrected chi connectivity index (χ3v) is 6.87. The van der Waals surface area contributed by atoms with Gasteiger partial charge in [-0.2, -0.15) is 4.31 Å². The van der Waals surface area contributed by atoms with E-state index in [-0.39, 0.29) is 10.8 Å². The standard InChI is InChI=1S/C20H27N3O3S/c1-15-6-8-17(9-7-15)12-21-20(24)19-11-18(14-22(19)3)27(25,26)23-10-4-5-16(2)13-23/h6-9,11,14,16H,4-5,10,12-13H2,1-3H3,(H,21,24)/t16-/m1/s1. The molecule has 1 aliphatic rings. The average molecular weight is 390 g/mol. The molecule has 27 heavy (non-hydrogen) atoms. The van der Waals surface area contributed by atoms with Crippen LogP contribution in [0, 0.1) is 12.8 Å². The molecule has 0 unspecified atom stereocenters. The number of nitrogens with one attached hydrogen (secondary N) is 1. The molecular formula is C20H27N3O3S. The molecule has 0 spiro atoms. The highest BCUT2D eigenvalue weighted by atomic mass is 32.2. The molecule has 1 amide bonds. The second kappa shape index (κ2) is 7.86. The average Bonchev–Trinajstić information content (AvgIpc) is 3.03. The molecular weight excluding hydrogens is 362 g/mol. The summed E-state index contributed by atoms with van der Waals surface area (Å²) >= 11 is 0. The van der Waals surface area contributed by atoms with Crippen LogP contribution >= 0.6 is 0 Å². The van der Waals surface area contributed by atoms with E-state index in [4.69, 9.17) is 0 Å². The number of carbonyl (C=O) groups is 1. The summed E-state index contributed by atoms with van der Waals surface area (Å²) in [4.78, 5) is 12.7. The van der Waals surface area contributed by atoms with Crippen LogP contribution in [0.3, 0.4) is 0 Å². The molecule has 0 saturated carbocycles. The van der Waals surface area contributed by atoms with Gasteiger partial charge in [-0.3, -0.25) is 4.79 Å². The van der Waals surface area contributed by atoms with Gasteiger partial charge in [0.15, 0.2) is 0 Å². The topological polar surface area (TPSA) is 71.4 Å². The molecule has 3 rings (SSSR count). The molecule has 6 nitrogen and oxygen atoms in total. The first-order valence-electron chi connectivity index (χ1n) is 9.27. The van der Waals surface area contributed by atoms with E-state index in [0.717, 1.165) is 24.0 Å². The molecule has 1 fully saturated rings. The van der Waals surface area contributed by atoms with E-state index in [2.05, 4.69) is 12.2 Å². The quantitative estimate of drug-likeness (QED) is 0.855. The van der Waals surface area contributed by atoms with Crippen LogP contribution in [0.2, 0.25) is 0 Å². The van der Waals surface area contributed by atoms with Crippen molar-refractivity contribution in [3.8, 4) is 0 Å². The number of aryl methyl sites for hydroxylation is 2. The van der Waals surface area contributed by atoms with Crippen molar-refractivity contribution in [2.75, 3.05) is 13.1 Å². The second-order valence-electron chi connectivity index (χ2n) is 7.45. The molecule has 1 N–H and O–H groups in total. The Morgan fingerprint density at radius 3 is 2.63 bits per heavy atom. The number of hydrogen-bond acceptors (Lipinski definition) is 3. The molecule has 1 aromatic carbocycles. The first-order valence-corrected chi connectivity index (χ1v) is 10.7. The van der Waals surface area contributed by atoms with Crippen LogP contribution in [0.1, 0.15) is 41.4 Å². The maximum atomic E-state index is 12.9. The Bertz CT molecular complexity index is 916. The van der Waals surface area contributed by atoms with Crippen molar-refractivity contribution in [2.24, 2.45) is 13.0 Å². The molecule has 0 radical (unpaired) electrons. The molecule has 0 bridgehead atoms. The highest BCUT2D eigenvalue weighted by Crippen LogP contribution is 2.24. The second-order valence-corrected chi connectivity index (χ2v) is 9.39. The molecule has 1 atom stereocenters. The molecule has 0 aliphatic carbocycles. The Morgan fingerprint density at radius 2 is 1.96 bits per heavy atom. The summed E-state index contributed by atoms with van der Waals surface area (Å²) in [6.07, 6.45) is 3.44. The smallest absolute Gasteiger partial charge is 0.268 e. The third kappa shape index (κ3) is 4.42. The number of piperidine rings is 1. The van der Waals surface area contributed by atoms with Gasteiger partial charge >= 0.3 is 0 Å². The van der Waals surface area contributed by atoms with Crippen LogP contribution in [0.15, 0.2) is 41.4 Å². The lowest BCUT2D eigenvalue weighted by Gasteiger charge is -2.29. The Morgan fingerprint density at radius 1 is 1.26 bits per heavy atom. The number of rotatable bonds is 5. The maximum Gasteiger partial charge on any atom is 0.268 e. The van der Waals surface area contributed by atoms with Crippen molar-refractivity contribution in [3.05, 3.63) is 53.3 Å². The fourth-order valence-corrected chi connectivity index (χ4v) is 5.06. The molecule has 1 aromatic heterocycles. The molecule has 146 valence electrons. The van der Waals surface area contributed by atoms with E-state index < -0.39 is 10.0 Å². The zero-order chi connectivity index (χ0) is 19.6. The van der Waals surface area contributed by atoms with E-state index >= 15 is 0 Å². The SMILES string of the molecule is Cc1ccc(CNC(=O)c2cc(S(=O)(=O)N3CCC[C@@H](C)C3)cn2C)cc1. The summed E-state index contributed by atoms with van der Waals surface area (Å²) in [7, 11) is -1.88. The number of carbonyl (C=O) groups excluding carboxylic acids is 1. The van der Waals surface area contributed by atoms with Gasteiger partial charge in [0.05, 0.1) is 0 Å². The molecule has 1 aliphatic heterocycles. The van der Waals surface area contributed by atoms with Crippen molar-refractivity contribution < 1.29 is 13.2 Å². The van der Waals surface area contributed by atoms with Gasteiger partial charge in [-0.15, -0.1) is 0 Å². The first-order chi connectivity index (χ1) is 12.8. The fraction of sp³-hybridized carbons (Fsp3) is 0.450. The fourth-order valence-electron chi connectivity index (χ4n) is 3.39. The Balaban J connectivity index is 1.73. The van der Waals surface area contributed by atoms with Gasteiger partial charge in [0.25, 0.3) is 5.91 Å². The van der Waals surface area contributed by atoms with Crippen molar-refractivity contribution in [1.82, 2.24) is 14.2 Å². The Hall–Kier alpha value is -2.12. The first kappa shape index (κ1) is 19.6. The summed E-state index contributed by atoms with van der Waals surface area (Å²) in [5.74, 6) is 0.0704. The van der Waals surface area contributed by atoms with Crippen LogP contribution in [-0.4, -0.2) is 36.3 Å². The highest BCUT2D eigenvalue weighted by molar-refractivity contribution is 7.89. The number of sulfonamides is 1.